The number of aromatic carboxylic acids is 1. The second kappa shape index (κ2) is 6.10. The first-order valence-corrected chi connectivity index (χ1v) is 8.23. The van der Waals surface area contributed by atoms with Crippen LogP contribution in [0.5, 0.6) is 5.75 Å². The number of thiazole rings is 1. The van der Waals surface area contributed by atoms with Crippen molar-refractivity contribution >= 4 is 33.0 Å². The zero-order valence-corrected chi connectivity index (χ0v) is 12.6. The number of hydrogen-bond acceptors (Lipinski definition) is 6. The van der Waals surface area contributed by atoms with E-state index >= 15 is 0 Å². The minimum atomic E-state index is -3.99. The number of hydrogen-bond donors (Lipinski definition) is 2. The van der Waals surface area contributed by atoms with E-state index in [4.69, 9.17) is 9.84 Å². The summed E-state index contributed by atoms with van der Waals surface area (Å²) in [7, 11) is -3.99. The SMILES string of the molecule is CCOc1ccc(NS(=O)(=O)c2scnc2C(=O)O)cc1. The Morgan fingerprint density at radius 2 is 2.05 bits per heavy atom. The Labute approximate surface area is 125 Å². The Morgan fingerprint density at radius 3 is 2.62 bits per heavy atom. The molecule has 0 unspecified atom stereocenters. The molecule has 0 aliphatic carbocycles. The molecule has 1 heterocycles. The van der Waals surface area contributed by atoms with E-state index in [2.05, 4.69) is 9.71 Å². The number of carbonyl (C=O) groups is 1. The molecule has 0 atom stereocenters. The van der Waals surface area contributed by atoms with Gasteiger partial charge in [-0.25, -0.2) is 18.2 Å². The van der Waals surface area contributed by atoms with Crippen molar-refractivity contribution in [3.8, 4) is 5.75 Å². The van der Waals surface area contributed by atoms with Gasteiger partial charge >= 0.3 is 5.97 Å². The van der Waals surface area contributed by atoms with Crippen molar-refractivity contribution in [3.63, 3.8) is 0 Å². The van der Waals surface area contributed by atoms with Crippen LogP contribution in [0.3, 0.4) is 0 Å². The normalized spacial score (nSPS) is 11.1. The third-order valence-corrected chi connectivity index (χ3v) is 5.15. The Bertz CT molecular complexity index is 737. The summed E-state index contributed by atoms with van der Waals surface area (Å²) in [5.41, 5.74) is 0.998. The van der Waals surface area contributed by atoms with Gasteiger partial charge in [-0.05, 0) is 31.2 Å². The van der Waals surface area contributed by atoms with Gasteiger partial charge in [0.05, 0.1) is 12.1 Å². The van der Waals surface area contributed by atoms with Crippen molar-refractivity contribution in [2.75, 3.05) is 11.3 Å². The molecule has 1 aromatic carbocycles. The van der Waals surface area contributed by atoms with Crippen molar-refractivity contribution in [1.29, 1.82) is 0 Å². The first-order chi connectivity index (χ1) is 9.94. The molecule has 0 aliphatic heterocycles. The van der Waals surface area contributed by atoms with E-state index in [0.29, 0.717) is 18.0 Å². The van der Waals surface area contributed by atoms with Crippen LogP contribution in [-0.4, -0.2) is 31.1 Å². The standard InChI is InChI=1S/C12H12N2O5S2/c1-2-19-9-5-3-8(4-6-9)14-21(17,18)12-10(11(15)16)13-7-20-12/h3-7,14H,2H2,1H3,(H,15,16). The number of benzene rings is 1. The summed E-state index contributed by atoms with van der Waals surface area (Å²) in [6, 6.07) is 6.30. The summed E-state index contributed by atoms with van der Waals surface area (Å²) in [6.07, 6.45) is 0. The Balaban J connectivity index is 2.25. The van der Waals surface area contributed by atoms with Gasteiger partial charge < -0.3 is 9.84 Å². The molecule has 2 rings (SSSR count). The topological polar surface area (TPSA) is 106 Å². The summed E-state index contributed by atoms with van der Waals surface area (Å²) < 4.78 is 31.6. The molecule has 112 valence electrons. The lowest BCUT2D eigenvalue weighted by Gasteiger charge is -2.08. The second-order valence-corrected chi connectivity index (χ2v) is 6.59. The van der Waals surface area contributed by atoms with Crippen LogP contribution in [0, 0.1) is 0 Å². The van der Waals surface area contributed by atoms with Crippen molar-refractivity contribution in [3.05, 3.63) is 35.5 Å². The van der Waals surface area contributed by atoms with Gasteiger partial charge in [0.25, 0.3) is 10.0 Å². The summed E-state index contributed by atoms with van der Waals surface area (Å²) >= 11 is 0.748. The Morgan fingerprint density at radius 1 is 1.38 bits per heavy atom. The van der Waals surface area contributed by atoms with Crippen LogP contribution in [-0.2, 0) is 10.0 Å². The van der Waals surface area contributed by atoms with Crippen LogP contribution < -0.4 is 9.46 Å². The number of rotatable bonds is 6. The fraction of sp³-hybridized carbons (Fsp3) is 0.167. The van der Waals surface area contributed by atoms with E-state index in [1.165, 1.54) is 17.6 Å². The quantitative estimate of drug-likeness (QED) is 0.840. The predicted molar refractivity (Wildman–Crippen MR) is 77.5 cm³/mol. The highest BCUT2D eigenvalue weighted by Gasteiger charge is 2.25. The van der Waals surface area contributed by atoms with E-state index in [1.54, 1.807) is 12.1 Å². The fourth-order valence-corrected chi connectivity index (χ4v) is 3.76. The molecule has 7 nitrogen and oxygen atoms in total. The zero-order valence-electron chi connectivity index (χ0n) is 10.9. The van der Waals surface area contributed by atoms with E-state index in [1.807, 2.05) is 6.92 Å². The van der Waals surface area contributed by atoms with Gasteiger partial charge in [0.15, 0.2) is 9.90 Å². The third kappa shape index (κ3) is 3.50. The molecule has 9 heteroatoms. The van der Waals surface area contributed by atoms with Crippen LogP contribution in [0.2, 0.25) is 0 Å². The third-order valence-electron chi connectivity index (χ3n) is 2.40. The number of aromatic nitrogens is 1. The molecule has 0 aliphatic rings. The van der Waals surface area contributed by atoms with Gasteiger partial charge in [-0.1, -0.05) is 0 Å². The Kier molecular flexibility index (Phi) is 4.43. The van der Waals surface area contributed by atoms with E-state index in [0.717, 1.165) is 11.3 Å². The van der Waals surface area contributed by atoms with Crippen LogP contribution >= 0.6 is 11.3 Å². The summed E-state index contributed by atoms with van der Waals surface area (Å²) in [5, 5.41) is 8.91. The van der Waals surface area contributed by atoms with E-state index in [-0.39, 0.29) is 4.21 Å². The number of nitrogens with zero attached hydrogens (tertiary/aromatic N) is 1. The lowest BCUT2D eigenvalue weighted by molar-refractivity contribution is 0.0687. The first-order valence-electron chi connectivity index (χ1n) is 5.86. The largest absolute Gasteiger partial charge is 0.494 e. The van der Waals surface area contributed by atoms with Gasteiger partial charge in [-0.3, -0.25) is 4.72 Å². The molecule has 2 aromatic rings. The van der Waals surface area contributed by atoms with E-state index < -0.39 is 21.7 Å². The molecular formula is C12H12N2O5S2. The van der Waals surface area contributed by atoms with E-state index in [9.17, 15) is 13.2 Å². The molecule has 21 heavy (non-hydrogen) atoms. The summed E-state index contributed by atoms with van der Waals surface area (Å²) in [5.74, 6) is -0.771. The van der Waals surface area contributed by atoms with Gasteiger partial charge in [0, 0.05) is 5.69 Å². The number of nitrogens with one attached hydrogen (secondary N) is 1. The maximum absolute atomic E-state index is 12.2. The molecule has 0 radical (unpaired) electrons. The van der Waals surface area contributed by atoms with Crippen molar-refractivity contribution < 1.29 is 23.1 Å². The monoisotopic (exact) mass is 328 g/mol. The molecule has 0 saturated heterocycles. The van der Waals surface area contributed by atoms with Crippen molar-refractivity contribution in [2.24, 2.45) is 0 Å². The van der Waals surface area contributed by atoms with Gasteiger partial charge in [-0.2, -0.15) is 0 Å². The van der Waals surface area contributed by atoms with Gasteiger partial charge in [0.1, 0.15) is 5.75 Å². The number of carboxylic acid groups (broad SMARTS) is 1. The Hall–Kier alpha value is -2.13. The molecule has 1 aromatic heterocycles. The molecule has 0 bridgehead atoms. The van der Waals surface area contributed by atoms with Crippen LogP contribution in [0.15, 0.2) is 34.0 Å². The minimum Gasteiger partial charge on any atom is -0.494 e. The molecule has 2 N–H and O–H groups in total. The highest BCUT2D eigenvalue weighted by Crippen LogP contribution is 2.24. The van der Waals surface area contributed by atoms with Crippen molar-refractivity contribution in [2.45, 2.75) is 11.1 Å². The fourth-order valence-electron chi connectivity index (χ4n) is 1.56. The maximum Gasteiger partial charge on any atom is 0.356 e. The number of sulfonamides is 1. The zero-order chi connectivity index (χ0) is 15.5. The highest BCUT2D eigenvalue weighted by atomic mass is 32.2. The smallest absolute Gasteiger partial charge is 0.356 e. The van der Waals surface area contributed by atoms with Gasteiger partial charge in [-0.15, -0.1) is 11.3 Å². The first kappa shape index (κ1) is 15.3. The second-order valence-electron chi connectivity index (χ2n) is 3.86. The highest BCUT2D eigenvalue weighted by molar-refractivity contribution is 7.94. The van der Waals surface area contributed by atoms with Crippen molar-refractivity contribution in [1.82, 2.24) is 4.98 Å². The summed E-state index contributed by atoms with van der Waals surface area (Å²) in [6.45, 7) is 2.35. The molecule has 0 amide bonds. The lowest BCUT2D eigenvalue weighted by Crippen LogP contribution is -2.15. The molecule has 0 fully saturated rings. The maximum atomic E-state index is 12.2. The molecule has 0 saturated carbocycles. The average molecular weight is 328 g/mol. The summed E-state index contributed by atoms with van der Waals surface area (Å²) in [4.78, 5) is 14.5. The molecular weight excluding hydrogens is 316 g/mol. The van der Waals surface area contributed by atoms with Crippen LogP contribution in [0.1, 0.15) is 17.4 Å². The lowest BCUT2D eigenvalue weighted by atomic mass is 10.3. The minimum absolute atomic E-state index is 0.309. The molecule has 0 spiro atoms. The van der Waals surface area contributed by atoms with Gasteiger partial charge in [0.2, 0.25) is 0 Å². The average Bonchev–Trinajstić information content (AvgIpc) is 2.91. The number of ether oxygens (including phenoxy) is 1. The van der Waals surface area contributed by atoms with Crippen LogP contribution in [0.25, 0.3) is 0 Å². The number of anilines is 1. The van der Waals surface area contributed by atoms with Crippen LogP contribution in [0.4, 0.5) is 5.69 Å². The number of carboxylic acids is 1. The predicted octanol–water partition coefficient (Wildman–Crippen LogP) is 2.04.